The van der Waals surface area contributed by atoms with Gasteiger partial charge in [0.1, 0.15) is 0 Å². The predicted octanol–water partition coefficient (Wildman–Crippen LogP) is 9.14. The molecule has 0 unspecified atom stereocenters. The van der Waals surface area contributed by atoms with Crippen molar-refractivity contribution in [1.29, 1.82) is 0 Å². The summed E-state index contributed by atoms with van der Waals surface area (Å²) in [5.41, 5.74) is 5.64. The summed E-state index contributed by atoms with van der Waals surface area (Å²) in [5.74, 6) is 4.61. The van der Waals surface area contributed by atoms with Crippen LogP contribution in [0.3, 0.4) is 0 Å². The first-order valence-electron chi connectivity index (χ1n) is 17.9. The van der Waals surface area contributed by atoms with Crippen LogP contribution in [0.2, 0.25) is 0 Å². The summed E-state index contributed by atoms with van der Waals surface area (Å²) in [4.78, 5) is 0. The highest BCUT2D eigenvalue weighted by Gasteiger charge is 2.33. The van der Waals surface area contributed by atoms with Crippen molar-refractivity contribution >= 4 is 0 Å². The Morgan fingerprint density at radius 1 is 0.556 bits per heavy atom. The van der Waals surface area contributed by atoms with Gasteiger partial charge < -0.3 is 29.6 Å². The number of nitrogens with one attached hydrogen (secondary N) is 2. The number of benzene rings is 2. The first-order valence-corrected chi connectivity index (χ1v) is 17.9. The summed E-state index contributed by atoms with van der Waals surface area (Å²) in [7, 11) is 6.97. The fraction of sp³-hybridized carbons (Fsp3) is 0.692. The minimum atomic E-state index is 0.365. The number of hydrogen-bond acceptors (Lipinski definition) is 6. The second-order valence-electron chi connectivity index (χ2n) is 13.8. The van der Waals surface area contributed by atoms with Crippen molar-refractivity contribution in [2.75, 3.05) is 28.4 Å². The molecule has 2 aromatic carbocycles. The second-order valence-corrected chi connectivity index (χ2v) is 13.8. The molecule has 6 nitrogen and oxygen atoms in total. The molecule has 2 aromatic rings. The van der Waals surface area contributed by atoms with Gasteiger partial charge in [-0.3, -0.25) is 0 Å². The van der Waals surface area contributed by atoms with Crippen LogP contribution in [0, 0.1) is 11.8 Å². The van der Waals surface area contributed by atoms with Gasteiger partial charge in [-0.1, -0.05) is 58.8 Å². The molecule has 0 radical (unpaired) electrons. The molecule has 0 bridgehead atoms. The highest BCUT2D eigenvalue weighted by molar-refractivity contribution is 5.51. The molecular formula is C39H62N2O4. The van der Waals surface area contributed by atoms with Gasteiger partial charge in [0.2, 0.25) is 0 Å². The maximum atomic E-state index is 5.73. The van der Waals surface area contributed by atoms with Gasteiger partial charge in [-0.25, -0.2) is 0 Å². The van der Waals surface area contributed by atoms with Gasteiger partial charge in [-0.2, -0.15) is 0 Å². The molecule has 2 aliphatic heterocycles. The van der Waals surface area contributed by atoms with E-state index in [9.17, 15) is 0 Å². The Kier molecular flexibility index (Phi) is 13.7. The first kappa shape index (κ1) is 35.4. The van der Waals surface area contributed by atoms with Gasteiger partial charge >= 0.3 is 0 Å². The molecule has 2 N–H and O–H groups in total. The Balaban J connectivity index is 1.44. The van der Waals surface area contributed by atoms with Crippen molar-refractivity contribution in [3.63, 3.8) is 0 Å². The normalized spacial score (nSPS) is 22.2. The average Bonchev–Trinajstić information content (AvgIpc) is 3.05. The van der Waals surface area contributed by atoms with E-state index >= 15 is 0 Å². The van der Waals surface area contributed by atoms with E-state index in [1.165, 1.54) is 92.9 Å². The van der Waals surface area contributed by atoms with Gasteiger partial charge in [0.15, 0.2) is 23.0 Å². The lowest BCUT2D eigenvalue weighted by Gasteiger charge is -2.38. The minimum absolute atomic E-state index is 0.365. The standard InChI is InChI=1S/C39H62N2O4/c1-9-11-16-28(38-32-24-36(44-7)34(42-5)22-30(32)20-26(3)40-38)18-14-13-15-19-29(17-12-10-2)39-33-25-37(45-8)35(43-6)23-31(33)21-27(4)41-39/h22-29,38-41H,9-21H2,1-8H3/t26-,27-,28-,29+,38+,39+/m0/s1. The zero-order chi connectivity index (χ0) is 32.3. The molecule has 0 aliphatic carbocycles. The number of rotatable bonds is 18. The molecule has 0 amide bonds. The van der Waals surface area contributed by atoms with Crippen LogP contribution < -0.4 is 29.6 Å². The van der Waals surface area contributed by atoms with E-state index < -0.39 is 0 Å². The number of methoxy groups -OCH3 is 4. The van der Waals surface area contributed by atoms with Crippen molar-refractivity contribution in [1.82, 2.24) is 10.6 Å². The monoisotopic (exact) mass is 622 g/mol. The quantitative estimate of drug-likeness (QED) is 0.162. The highest BCUT2D eigenvalue weighted by Crippen LogP contribution is 2.43. The Bertz CT molecular complexity index is 1110. The molecule has 4 rings (SSSR count). The molecule has 2 aliphatic rings. The molecule has 0 fully saturated rings. The van der Waals surface area contributed by atoms with E-state index in [0.717, 1.165) is 35.8 Å². The van der Waals surface area contributed by atoms with Gasteiger partial charge in [-0.05, 0) is 111 Å². The molecule has 6 heteroatoms. The summed E-state index contributed by atoms with van der Waals surface area (Å²) >= 11 is 0. The van der Waals surface area contributed by atoms with Crippen molar-refractivity contribution in [3.8, 4) is 23.0 Å². The topological polar surface area (TPSA) is 61.0 Å². The summed E-state index contributed by atoms with van der Waals surface area (Å²) in [5, 5.41) is 8.01. The second kappa shape index (κ2) is 17.5. The molecule has 0 saturated heterocycles. The molecule has 2 heterocycles. The average molecular weight is 623 g/mol. The molecule has 252 valence electrons. The van der Waals surface area contributed by atoms with Crippen LogP contribution >= 0.6 is 0 Å². The Labute approximate surface area is 274 Å². The number of ether oxygens (including phenoxy) is 4. The van der Waals surface area contributed by atoms with Gasteiger partial charge in [-0.15, -0.1) is 0 Å². The van der Waals surface area contributed by atoms with Gasteiger partial charge in [0.25, 0.3) is 0 Å². The minimum Gasteiger partial charge on any atom is -0.493 e. The smallest absolute Gasteiger partial charge is 0.161 e. The van der Waals surface area contributed by atoms with Gasteiger partial charge in [0, 0.05) is 24.2 Å². The third-order valence-corrected chi connectivity index (χ3v) is 10.4. The van der Waals surface area contributed by atoms with Crippen molar-refractivity contribution in [2.24, 2.45) is 11.8 Å². The summed E-state index contributed by atoms with van der Waals surface area (Å²) in [6.45, 7) is 9.28. The third-order valence-electron chi connectivity index (χ3n) is 10.4. The number of unbranched alkanes of at least 4 members (excludes halogenated alkanes) is 4. The summed E-state index contributed by atoms with van der Waals surface area (Å²) in [6, 6.07) is 10.6. The molecule has 45 heavy (non-hydrogen) atoms. The molecule has 0 saturated carbocycles. The predicted molar refractivity (Wildman–Crippen MR) is 186 cm³/mol. The fourth-order valence-corrected chi connectivity index (χ4v) is 8.03. The van der Waals surface area contributed by atoms with E-state index in [4.69, 9.17) is 18.9 Å². The van der Waals surface area contributed by atoms with E-state index in [2.05, 4.69) is 62.6 Å². The van der Waals surface area contributed by atoms with Crippen LogP contribution in [-0.4, -0.2) is 40.5 Å². The lowest BCUT2D eigenvalue weighted by atomic mass is 9.78. The van der Waals surface area contributed by atoms with Crippen molar-refractivity contribution in [3.05, 3.63) is 46.5 Å². The van der Waals surface area contributed by atoms with Crippen molar-refractivity contribution in [2.45, 2.75) is 135 Å². The van der Waals surface area contributed by atoms with Crippen LogP contribution in [-0.2, 0) is 12.8 Å². The molecule has 0 aromatic heterocycles. The lowest BCUT2D eigenvalue weighted by molar-refractivity contribution is 0.257. The lowest BCUT2D eigenvalue weighted by Crippen LogP contribution is -2.41. The fourth-order valence-electron chi connectivity index (χ4n) is 8.03. The van der Waals surface area contributed by atoms with E-state index in [1.54, 1.807) is 28.4 Å². The SMILES string of the molecule is CCCC[C@H](CCCCC[C@H](CCCC)[C@H]1N[C@@H](C)Cc2cc(OC)c(OC)cc21)[C@H]1N[C@@H](C)Cc2cc(OC)c(OC)cc21. The molecule has 6 atom stereocenters. The Hall–Kier alpha value is -2.44. The number of fused-ring (bicyclic) bond motifs is 2. The maximum Gasteiger partial charge on any atom is 0.161 e. The van der Waals surface area contributed by atoms with Crippen molar-refractivity contribution < 1.29 is 18.9 Å². The van der Waals surface area contributed by atoms with Crippen LogP contribution in [0.25, 0.3) is 0 Å². The largest absolute Gasteiger partial charge is 0.493 e. The van der Waals surface area contributed by atoms with E-state index in [0.29, 0.717) is 36.0 Å². The van der Waals surface area contributed by atoms with Gasteiger partial charge in [0.05, 0.1) is 28.4 Å². The number of hydrogen-bond donors (Lipinski definition) is 2. The first-order chi connectivity index (χ1) is 21.9. The van der Waals surface area contributed by atoms with Crippen LogP contribution in [0.5, 0.6) is 23.0 Å². The summed E-state index contributed by atoms with van der Waals surface area (Å²) < 4.78 is 22.8. The van der Waals surface area contributed by atoms with E-state index in [-0.39, 0.29) is 0 Å². The zero-order valence-corrected chi connectivity index (χ0v) is 29.6. The Morgan fingerprint density at radius 2 is 0.911 bits per heavy atom. The third kappa shape index (κ3) is 8.88. The van der Waals surface area contributed by atoms with E-state index in [1.807, 2.05) is 0 Å². The highest BCUT2D eigenvalue weighted by atomic mass is 16.5. The Morgan fingerprint density at radius 3 is 1.27 bits per heavy atom. The van der Waals surface area contributed by atoms with Crippen LogP contribution in [0.1, 0.15) is 133 Å². The maximum absolute atomic E-state index is 5.73. The summed E-state index contributed by atoms with van der Waals surface area (Å²) in [6.07, 6.45) is 16.0. The van der Waals surface area contributed by atoms with Crippen LogP contribution in [0.15, 0.2) is 24.3 Å². The van der Waals surface area contributed by atoms with Crippen LogP contribution in [0.4, 0.5) is 0 Å². The zero-order valence-electron chi connectivity index (χ0n) is 29.6. The molecule has 0 spiro atoms. The molecular weight excluding hydrogens is 560 g/mol.